The monoisotopic (exact) mass is 684 g/mol. The molecule has 0 saturated carbocycles. The fourth-order valence-corrected chi connectivity index (χ4v) is 7.38. The van der Waals surface area contributed by atoms with Gasteiger partial charge in [-0.25, -0.2) is 9.59 Å². The molecule has 3 N–H and O–H groups in total. The molecule has 11 heteroatoms. The molecule has 3 rings (SSSR count). The summed E-state index contributed by atoms with van der Waals surface area (Å²) in [5.74, 6) is -0.622. The van der Waals surface area contributed by atoms with E-state index >= 15 is 0 Å². The molecule has 0 bridgehead atoms. The average Bonchev–Trinajstić information content (AvgIpc) is 3.53. The maximum absolute atomic E-state index is 14.0. The third kappa shape index (κ3) is 11.8. The minimum atomic E-state index is -0.930. The molecule has 0 radical (unpaired) electrons. The van der Waals surface area contributed by atoms with Crippen molar-refractivity contribution >= 4 is 23.9 Å². The predicted molar refractivity (Wildman–Crippen MR) is 189 cm³/mol. The molecule has 1 aromatic carbocycles. The maximum Gasteiger partial charge on any atom is 0.407 e. The molecule has 2 heterocycles. The number of hydroxylamine groups is 2. The fourth-order valence-electron chi connectivity index (χ4n) is 7.38. The van der Waals surface area contributed by atoms with E-state index in [4.69, 9.17) is 9.47 Å². The number of rotatable bonds is 15. The topological polar surface area (TPSA) is 138 Å². The summed E-state index contributed by atoms with van der Waals surface area (Å²) in [5.41, 5.74) is -0.0541. The van der Waals surface area contributed by atoms with E-state index in [9.17, 15) is 24.4 Å². The average molecular weight is 685 g/mol. The standard InChI is InChI=1S/C38H60N4O7/c1-26(2)22-27(3)18-19-29(23-28-14-10-9-11-15-28)34(44)41-21-13-17-32(41)33(43)40-31(35(45)48-8)16-12-20-39-36(46)49-30-24-37(4,5)42(47)38(6,7)25-30/h9-11,14-15,18-19,26-27,29-32,47H,12-13,16-17,20-25H2,1-8H3,(H,39,46)(H,40,43)/b19-18+/t27-,29-,31+,32+/m1/s1. The van der Waals surface area contributed by atoms with Crippen LogP contribution in [-0.4, -0.2) is 88.5 Å². The molecule has 0 aliphatic carbocycles. The van der Waals surface area contributed by atoms with Crippen LogP contribution in [0, 0.1) is 17.8 Å². The molecule has 2 fully saturated rings. The number of nitrogens with one attached hydrogen (secondary N) is 2. The molecule has 0 spiro atoms. The molecule has 11 nitrogen and oxygen atoms in total. The van der Waals surface area contributed by atoms with Crippen LogP contribution >= 0.6 is 0 Å². The van der Waals surface area contributed by atoms with Crippen molar-refractivity contribution in [3.8, 4) is 0 Å². The first-order valence-corrected chi connectivity index (χ1v) is 17.9. The molecular formula is C38H60N4O7. The van der Waals surface area contributed by atoms with Gasteiger partial charge in [0, 0.05) is 37.0 Å². The van der Waals surface area contributed by atoms with E-state index in [2.05, 4.69) is 37.5 Å². The largest absolute Gasteiger partial charge is 0.467 e. The van der Waals surface area contributed by atoms with E-state index < -0.39 is 41.1 Å². The summed E-state index contributed by atoms with van der Waals surface area (Å²) < 4.78 is 10.6. The van der Waals surface area contributed by atoms with Gasteiger partial charge in [-0.15, -0.1) is 0 Å². The Hall–Kier alpha value is -3.44. The highest BCUT2D eigenvalue weighted by Gasteiger charge is 2.46. The van der Waals surface area contributed by atoms with Crippen molar-refractivity contribution in [1.82, 2.24) is 20.6 Å². The number of carbonyl (C=O) groups is 4. The Morgan fingerprint density at radius 1 is 1.02 bits per heavy atom. The van der Waals surface area contributed by atoms with Gasteiger partial charge in [0.25, 0.3) is 0 Å². The Kier molecular flexibility index (Phi) is 14.7. The Bertz CT molecular complexity index is 1260. The zero-order valence-corrected chi connectivity index (χ0v) is 30.9. The normalized spacial score (nSPS) is 21.3. The molecule has 3 amide bonds. The second kappa shape index (κ2) is 18.0. The first-order valence-electron chi connectivity index (χ1n) is 17.9. The molecular weight excluding hydrogens is 624 g/mol. The lowest BCUT2D eigenvalue weighted by Crippen LogP contribution is -2.60. The van der Waals surface area contributed by atoms with Gasteiger partial charge in [0.05, 0.1) is 13.0 Å². The van der Waals surface area contributed by atoms with Crippen LogP contribution in [-0.2, 0) is 30.3 Å². The molecule has 274 valence electrons. The third-order valence-electron chi connectivity index (χ3n) is 9.59. The number of alkyl carbamates (subject to hydrolysis) is 1. The minimum Gasteiger partial charge on any atom is -0.467 e. The third-order valence-corrected chi connectivity index (χ3v) is 9.59. The highest BCUT2D eigenvalue weighted by molar-refractivity contribution is 5.92. The highest BCUT2D eigenvalue weighted by Crippen LogP contribution is 2.38. The zero-order chi connectivity index (χ0) is 36.4. The van der Waals surface area contributed by atoms with Crippen molar-refractivity contribution in [2.45, 2.75) is 129 Å². The van der Waals surface area contributed by atoms with Gasteiger partial charge < -0.3 is 30.2 Å². The van der Waals surface area contributed by atoms with Crippen LogP contribution < -0.4 is 10.6 Å². The first kappa shape index (κ1) is 40.0. The van der Waals surface area contributed by atoms with E-state index in [-0.39, 0.29) is 30.9 Å². The number of amides is 3. The number of esters is 1. The Labute approximate surface area is 293 Å². The molecule has 2 aliphatic heterocycles. The van der Waals surface area contributed by atoms with Gasteiger partial charge in [-0.05, 0) is 83.6 Å². The number of hydrogen-bond acceptors (Lipinski definition) is 8. The van der Waals surface area contributed by atoms with E-state index in [0.717, 1.165) is 12.0 Å². The Morgan fingerprint density at radius 3 is 2.29 bits per heavy atom. The quantitative estimate of drug-likeness (QED) is 0.123. The summed E-state index contributed by atoms with van der Waals surface area (Å²) >= 11 is 0. The van der Waals surface area contributed by atoms with Crippen molar-refractivity contribution in [3.05, 3.63) is 48.0 Å². The van der Waals surface area contributed by atoms with E-state index in [1.165, 1.54) is 12.2 Å². The lowest BCUT2D eigenvalue weighted by Gasteiger charge is -2.50. The summed E-state index contributed by atoms with van der Waals surface area (Å²) in [7, 11) is 1.27. The molecule has 0 aromatic heterocycles. The van der Waals surface area contributed by atoms with E-state index in [1.54, 1.807) is 4.90 Å². The fraction of sp³-hybridized carbons (Fsp3) is 0.684. The van der Waals surface area contributed by atoms with Crippen molar-refractivity contribution in [2.24, 2.45) is 17.8 Å². The molecule has 2 aliphatic rings. The van der Waals surface area contributed by atoms with Crippen molar-refractivity contribution in [1.29, 1.82) is 0 Å². The molecule has 49 heavy (non-hydrogen) atoms. The van der Waals surface area contributed by atoms with Crippen molar-refractivity contribution in [3.63, 3.8) is 0 Å². The molecule has 4 atom stereocenters. The zero-order valence-electron chi connectivity index (χ0n) is 30.9. The minimum absolute atomic E-state index is 0.0942. The second-order valence-corrected chi connectivity index (χ2v) is 15.5. The number of hydrogen-bond donors (Lipinski definition) is 3. The van der Waals surface area contributed by atoms with Crippen LogP contribution in [0.5, 0.6) is 0 Å². The van der Waals surface area contributed by atoms with Crippen molar-refractivity contribution in [2.75, 3.05) is 20.2 Å². The van der Waals surface area contributed by atoms with Crippen LogP contribution in [0.3, 0.4) is 0 Å². The SMILES string of the molecule is COC(=O)[C@H](CCCNC(=O)OC1CC(C)(C)N(O)C(C)(C)C1)NC(=O)[C@@H]1CCCN1C(=O)[C@H](/C=C/[C@@H](C)CC(C)C)Cc1ccccc1. The second-order valence-electron chi connectivity index (χ2n) is 15.5. The summed E-state index contributed by atoms with van der Waals surface area (Å²) in [4.78, 5) is 54.6. The summed E-state index contributed by atoms with van der Waals surface area (Å²) in [6.45, 7) is 14.8. The number of methoxy groups -OCH3 is 1. The molecule has 1 aromatic rings. The lowest BCUT2D eigenvalue weighted by molar-refractivity contribution is -0.256. The van der Waals surface area contributed by atoms with E-state index in [1.807, 2.05) is 64.1 Å². The first-order chi connectivity index (χ1) is 23.0. The number of nitrogens with zero attached hydrogens (tertiary/aromatic N) is 2. The van der Waals surface area contributed by atoms with Crippen molar-refractivity contribution < 1.29 is 33.9 Å². The summed E-state index contributed by atoms with van der Waals surface area (Å²) in [6.07, 6.45) is 7.52. The number of ether oxygens (including phenoxy) is 2. The Balaban J connectivity index is 1.59. The lowest BCUT2D eigenvalue weighted by atomic mass is 9.80. The van der Waals surface area contributed by atoms with Crippen LogP contribution in [0.15, 0.2) is 42.5 Å². The number of allylic oxidation sites excluding steroid dienone is 1. The van der Waals surface area contributed by atoms with Gasteiger partial charge in [0.1, 0.15) is 18.2 Å². The number of piperidine rings is 1. The van der Waals surface area contributed by atoms with Gasteiger partial charge in [-0.2, -0.15) is 5.06 Å². The number of likely N-dealkylation sites (tertiary alicyclic amines) is 1. The highest BCUT2D eigenvalue weighted by atomic mass is 16.6. The summed E-state index contributed by atoms with van der Waals surface area (Å²) in [5, 5.41) is 17.4. The van der Waals surface area contributed by atoms with Crippen LogP contribution in [0.25, 0.3) is 0 Å². The van der Waals surface area contributed by atoms with Gasteiger partial charge in [0.2, 0.25) is 11.8 Å². The summed E-state index contributed by atoms with van der Waals surface area (Å²) in [6, 6.07) is 8.27. The van der Waals surface area contributed by atoms with Crippen LogP contribution in [0.2, 0.25) is 0 Å². The van der Waals surface area contributed by atoms with Gasteiger partial charge in [-0.1, -0.05) is 63.3 Å². The van der Waals surface area contributed by atoms with Crippen LogP contribution in [0.1, 0.15) is 99.0 Å². The Morgan fingerprint density at radius 2 is 1.67 bits per heavy atom. The molecule has 2 saturated heterocycles. The maximum atomic E-state index is 14.0. The van der Waals surface area contributed by atoms with Crippen LogP contribution in [0.4, 0.5) is 4.79 Å². The number of carbonyl (C=O) groups excluding carboxylic acids is 4. The van der Waals surface area contributed by atoms with E-state index in [0.29, 0.717) is 56.9 Å². The number of benzene rings is 1. The smallest absolute Gasteiger partial charge is 0.407 e. The predicted octanol–water partition coefficient (Wildman–Crippen LogP) is 5.65. The molecule has 0 unspecified atom stereocenters. The van der Waals surface area contributed by atoms with Gasteiger partial charge in [0.15, 0.2) is 0 Å². The van der Waals surface area contributed by atoms with Gasteiger partial charge >= 0.3 is 12.1 Å². The van der Waals surface area contributed by atoms with Gasteiger partial charge in [-0.3, -0.25) is 9.59 Å².